The van der Waals surface area contributed by atoms with Gasteiger partial charge in [-0.25, -0.2) is 0 Å². The summed E-state index contributed by atoms with van der Waals surface area (Å²) in [6, 6.07) is -0.0293. The summed E-state index contributed by atoms with van der Waals surface area (Å²) in [5.74, 6) is 0. The van der Waals surface area contributed by atoms with Crippen LogP contribution in [0.15, 0.2) is 10.5 Å². The summed E-state index contributed by atoms with van der Waals surface area (Å²) in [4.78, 5) is 1.16. The van der Waals surface area contributed by atoms with Crippen molar-refractivity contribution in [3.05, 3.63) is 20.3 Å². The largest absolute Gasteiger partial charge is 0.408 e. The fraction of sp³-hybridized carbons (Fsp3) is 0.556. The Hall–Kier alpha value is -0.0700. The minimum Gasteiger partial charge on any atom is -0.302 e. The van der Waals surface area contributed by atoms with Crippen molar-refractivity contribution in [2.45, 2.75) is 26.1 Å². The number of halogens is 4. The summed E-state index contributed by atoms with van der Waals surface area (Å²) in [5, 5.41) is 2.44. The first-order valence-corrected chi connectivity index (χ1v) is 6.03. The van der Waals surface area contributed by atoms with E-state index in [1.165, 1.54) is 6.07 Å². The van der Waals surface area contributed by atoms with E-state index in [4.69, 9.17) is 0 Å². The third kappa shape index (κ3) is 3.19. The quantitative estimate of drug-likeness (QED) is 0.889. The summed E-state index contributed by atoms with van der Waals surface area (Å²) in [5.41, 5.74) is 0. The van der Waals surface area contributed by atoms with E-state index in [1.54, 1.807) is 13.8 Å². The fourth-order valence-electron chi connectivity index (χ4n) is 1.21. The predicted molar refractivity (Wildman–Crippen MR) is 59.2 cm³/mol. The van der Waals surface area contributed by atoms with Crippen molar-refractivity contribution >= 4 is 27.3 Å². The molecule has 0 aliphatic carbocycles. The minimum atomic E-state index is -4.24. The molecule has 1 atom stereocenters. The number of aryl methyl sites for hydroxylation is 1. The lowest BCUT2D eigenvalue weighted by Gasteiger charge is -2.19. The second kappa shape index (κ2) is 4.84. The molecule has 0 bridgehead atoms. The summed E-state index contributed by atoms with van der Waals surface area (Å²) >= 11 is 4.38. The third-order valence-electron chi connectivity index (χ3n) is 1.90. The number of nitrogens with one attached hydrogen (secondary N) is 1. The van der Waals surface area contributed by atoms with Crippen LogP contribution in [-0.4, -0.2) is 12.7 Å². The van der Waals surface area contributed by atoms with Crippen LogP contribution in [0.1, 0.15) is 22.7 Å². The highest BCUT2D eigenvalue weighted by atomic mass is 79.9. The van der Waals surface area contributed by atoms with Crippen LogP contribution in [0.5, 0.6) is 0 Å². The molecule has 6 heteroatoms. The highest BCUT2D eigenvalue weighted by Gasteiger charge is 2.41. The summed E-state index contributed by atoms with van der Waals surface area (Å²) in [7, 11) is 0. The van der Waals surface area contributed by atoms with Gasteiger partial charge in [-0.1, -0.05) is 6.92 Å². The van der Waals surface area contributed by atoms with Crippen LogP contribution < -0.4 is 5.32 Å². The average Bonchev–Trinajstić information content (AvgIpc) is 2.40. The van der Waals surface area contributed by atoms with Gasteiger partial charge < -0.3 is 5.32 Å². The molecular formula is C9H11BrF3NS. The van der Waals surface area contributed by atoms with Crippen molar-refractivity contribution in [3.8, 4) is 0 Å². The molecule has 1 nitrogen and oxygen atoms in total. The highest BCUT2D eigenvalue weighted by molar-refractivity contribution is 9.10. The van der Waals surface area contributed by atoms with E-state index in [9.17, 15) is 13.2 Å². The number of hydrogen-bond donors (Lipinski definition) is 1. The molecule has 1 heterocycles. The molecule has 0 saturated heterocycles. The van der Waals surface area contributed by atoms with Gasteiger partial charge in [-0.05, 0) is 35.5 Å². The zero-order valence-electron chi connectivity index (χ0n) is 8.28. The van der Waals surface area contributed by atoms with Crippen LogP contribution in [0.2, 0.25) is 0 Å². The zero-order valence-corrected chi connectivity index (χ0v) is 10.7. The van der Waals surface area contributed by atoms with Crippen LogP contribution in [0.25, 0.3) is 0 Å². The molecule has 0 aliphatic heterocycles. The molecule has 86 valence electrons. The monoisotopic (exact) mass is 301 g/mol. The van der Waals surface area contributed by atoms with Gasteiger partial charge in [-0.3, -0.25) is 0 Å². The number of thiophene rings is 1. The lowest BCUT2D eigenvalue weighted by molar-refractivity contribution is -0.156. The number of rotatable bonds is 3. The van der Waals surface area contributed by atoms with Crippen molar-refractivity contribution in [3.63, 3.8) is 0 Å². The van der Waals surface area contributed by atoms with Crippen LogP contribution in [-0.2, 0) is 0 Å². The Labute approximate surface area is 98.8 Å². The van der Waals surface area contributed by atoms with Gasteiger partial charge in [0.1, 0.15) is 6.04 Å². The number of alkyl halides is 3. The molecule has 0 amide bonds. The Balaban J connectivity index is 2.99. The van der Waals surface area contributed by atoms with Crippen molar-refractivity contribution in [2.75, 3.05) is 6.54 Å². The highest BCUT2D eigenvalue weighted by Crippen LogP contribution is 2.38. The van der Waals surface area contributed by atoms with Gasteiger partial charge in [0.15, 0.2) is 0 Å². The van der Waals surface area contributed by atoms with E-state index in [-0.39, 0.29) is 0 Å². The molecular weight excluding hydrogens is 291 g/mol. The smallest absolute Gasteiger partial charge is 0.302 e. The molecule has 0 aliphatic rings. The summed E-state index contributed by atoms with van der Waals surface area (Å²) < 4.78 is 38.7. The van der Waals surface area contributed by atoms with Crippen LogP contribution in [0, 0.1) is 6.92 Å². The molecule has 1 rings (SSSR count). The maximum atomic E-state index is 12.7. The molecule has 0 spiro atoms. The standard InChI is InChI=1S/C9H11BrF3NS/c1-3-14-8(9(11,12)13)7-4-6(10)5(2)15-7/h4,8,14H,3H2,1-2H3. The maximum absolute atomic E-state index is 12.7. The lowest BCUT2D eigenvalue weighted by atomic mass is 10.2. The molecule has 15 heavy (non-hydrogen) atoms. The molecule has 1 aromatic rings. The molecule has 0 radical (unpaired) electrons. The Morgan fingerprint density at radius 1 is 1.53 bits per heavy atom. The summed E-state index contributed by atoms with van der Waals surface area (Å²) in [6.45, 7) is 3.74. The van der Waals surface area contributed by atoms with E-state index in [2.05, 4.69) is 21.2 Å². The Kier molecular flexibility index (Phi) is 4.20. The van der Waals surface area contributed by atoms with Crippen molar-refractivity contribution in [1.82, 2.24) is 5.32 Å². The summed E-state index contributed by atoms with van der Waals surface area (Å²) in [6.07, 6.45) is -4.24. The van der Waals surface area contributed by atoms with Gasteiger partial charge in [0, 0.05) is 14.2 Å². The van der Waals surface area contributed by atoms with E-state index in [0.717, 1.165) is 20.7 Å². The normalized spacial score (nSPS) is 14.3. The van der Waals surface area contributed by atoms with Crippen molar-refractivity contribution < 1.29 is 13.2 Å². The topological polar surface area (TPSA) is 12.0 Å². The lowest BCUT2D eigenvalue weighted by Crippen LogP contribution is -2.33. The van der Waals surface area contributed by atoms with E-state index in [0.29, 0.717) is 11.4 Å². The molecule has 1 aromatic heterocycles. The van der Waals surface area contributed by atoms with Gasteiger partial charge in [-0.2, -0.15) is 13.2 Å². The maximum Gasteiger partial charge on any atom is 0.408 e. The molecule has 0 saturated carbocycles. The van der Waals surface area contributed by atoms with Gasteiger partial charge in [0.05, 0.1) is 0 Å². The molecule has 1 unspecified atom stereocenters. The van der Waals surface area contributed by atoms with Gasteiger partial charge in [0.25, 0.3) is 0 Å². The molecule has 0 aromatic carbocycles. The third-order valence-corrected chi connectivity index (χ3v) is 4.10. The van der Waals surface area contributed by atoms with E-state index in [1.807, 2.05) is 0 Å². The zero-order chi connectivity index (χ0) is 11.6. The van der Waals surface area contributed by atoms with Gasteiger partial charge in [0.2, 0.25) is 0 Å². The first-order valence-electron chi connectivity index (χ1n) is 4.42. The Morgan fingerprint density at radius 2 is 2.13 bits per heavy atom. The Morgan fingerprint density at radius 3 is 2.47 bits per heavy atom. The van der Waals surface area contributed by atoms with E-state index < -0.39 is 12.2 Å². The van der Waals surface area contributed by atoms with E-state index >= 15 is 0 Å². The first kappa shape index (κ1) is 13.0. The van der Waals surface area contributed by atoms with Crippen molar-refractivity contribution in [2.24, 2.45) is 0 Å². The van der Waals surface area contributed by atoms with Gasteiger partial charge >= 0.3 is 6.18 Å². The number of hydrogen-bond acceptors (Lipinski definition) is 2. The predicted octanol–water partition coefficient (Wildman–Crippen LogP) is 4.03. The fourth-order valence-corrected chi connectivity index (χ4v) is 2.87. The Bertz CT molecular complexity index is 315. The van der Waals surface area contributed by atoms with Gasteiger partial charge in [-0.15, -0.1) is 11.3 Å². The molecule has 1 N–H and O–H groups in total. The van der Waals surface area contributed by atoms with Crippen LogP contribution in [0.3, 0.4) is 0 Å². The SMILES string of the molecule is CCNC(c1cc(Br)c(C)s1)C(F)(F)F. The van der Waals surface area contributed by atoms with Crippen LogP contribution >= 0.6 is 27.3 Å². The molecule has 0 fully saturated rings. The minimum absolute atomic E-state index is 0.290. The van der Waals surface area contributed by atoms with Crippen molar-refractivity contribution in [1.29, 1.82) is 0 Å². The van der Waals surface area contributed by atoms with Crippen LogP contribution in [0.4, 0.5) is 13.2 Å². The first-order chi connectivity index (χ1) is 6.86. The second-order valence-corrected chi connectivity index (χ2v) is 5.23. The average molecular weight is 302 g/mol. The second-order valence-electron chi connectivity index (χ2n) is 3.09.